The molecular formula is C16H23NO2. The van der Waals surface area contributed by atoms with Crippen LogP contribution >= 0.6 is 0 Å². The van der Waals surface area contributed by atoms with Gasteiger partial charge in [-0.2, -0.15) is 0 Å². The fourth-order valence-corrected chi connectivity index (χ4v) is 2.93. The molecule has 1 aromatic rings. The number of aryl methyl sites for hydroxylation is 1. The summed E-state index contributed by atoms with van der Waals surface area (Å²) in [7, 11) is 1.78. The van der Waals surface area contributed by atoms with E-state index >= 15 is 0 Å². The Morgan fingerprint density at radius 1 is 1.42 bits per heavy atom. The molecule has 0 saturated carbocycles. The molecule has 1 aromatic carbocycles. The van der Waals surface area contributed by atoms with E-state index in [9.17, 15) is 9.90 Å². The first-order valence-corrected chi connectivity index (χ1v) is 6.93. The fourth-order valence-electron chi connectivity index (χ4n) is 2.93. The van der Waals surface area contributed by atoms with Crippen LogP contribution in [0.1, 0.15) is 43.7 Å². The standard InChI is InChI=1S/C16H23NO2/c1-16(2,19)11-17(3)15(18)14-10-6-8-12-7-4-5-9-13(12)14/h4-5,7,9,14,19H,6,8,10-11H2,1-3H3. The van der Waals surface area contributed by atoms with Crippen molar-refractivity contribution in [1.82, 2.24) is 4.90 Å². The van der Waals surface area contributed by atoms with E-state index < -0.39 is 5.60 Å². The lowest BCUT2D eigenvalue weighted by Crippen LogP contribution is -2.42. The molecule has 2 rings (SSSR count). The van der Waals surface area contributed by atoms with Crippen molar-refractivity contribution in [1.29, 1.82) is 0 Å². The summed E-state index contributed by atoms with van der Waals surface area (Å²) in [4.78, 5) is 14.2. The molecule has 19 heavy (non-hydrogen) atoms. The highest BCUT2D eigenvalue weighted by Crippen LogP contribution is 2.32. The van der Waals surface area contributed by atoms with Gasteiger partial charge in [-0.25, -0.2) is 0 Å². The van der Waals surface area contributed by atoms with Crippen LogP contribution in [0.25, 0.3) is 0 Å². The van der Waals surface area contributed by atoms with E-state index in [1.165, 1.54) is 11.1 Å². The maximum absolute atomic E-state index is 12.6. The van der Waals surface area contributed by atoms with E-state index in [-0.39, 0.29) is 11.8 Å². The number of likely N-dealkylation sites (N-methyl/N-ethyl adjacent to an activating group) is 1. The number of carbonyl (C=O) groups excluding carboxylic acids is 1. The quantitative estimate of drug-likeness (QED) is 0.907. The predicted molar refractivity (Wildman–Crippen MR) is 76.1 cm³/mol. The Morgan fingerprint density at radius 3 is 2.79 bits per heavy atom. The van der Waals surface area contributed by atoms with Crippen molar-refractivity contribution in [2.75, 3.05) is 13.6 Å². The number of benzene rings is 1. The van der Waals surface area contributed by atoms with Gasteiger partial charge in [0.25, 0.3) is 0 Å². The maximum atomic E-state index is 12.6. The Labute approximate surface area is 115 Å². The van der Waals surface area contributed by atoms with Crippen molar-refractivity contribution in [3.8, 4) is 0 Å². The van der Waals surface area contributed by atoms with E-state index in [0.29, 0.717) is 6.54 Å². The van der Waals surface area contributed by atoms with Gasteiger partial charge in [-0.1, -0.05) is 24.3 Å². The third-order valence-electron chi connectivity index (χ3n) is 3.67. The average molecular weight is 261 g/mol. The zero-order valence-electron chi connectivity index (χ0n) is 12.0. The molecule has 3 heteroatoms. The topological polar surface area (TPSA) is 40.5 Å². The number of hydrogen-bond donors (Lipinski definition) is 1. The number of carbonyl (C=O) groups is 1. The van der Waals surface area contributed by atoms with Crippen molar-refractivity contribution in [3.05, 3.63) is 35.4 Å². The lowest BCUT2D eigenvalue weighted by atomic mass is 9.82. The van der Waals surface area contributed by atoms with Crippen LogP contribution in [0, 0.1) is 0 Å². The van der Waals surface area contributed by atoms with Crippen LogP contribution in [0.15, 0.2) is 24.3 Å². The summed E-state index contributed by atoms with van der Waals surface area (Å²) in [6.45, 7) is 3.82. The Kier molecular flexibility index (Phi) is 3.95. The minimum atomic E-state index is -0.849. The molecule has 0 aromatic heterocycles. The zero-order chi connectivity index (χ0) is 14.0. The number of amides is 1. The van der Waals surface area contributed by atoms with Gasteiger partial charge in [0.2, 0.25) is 5.91 Å². The van der Waals surface area contributed by atoms with Crippen LogP contribution in [-0.4, -0.2) is 35.1 Å². The minimum absolute atomic E-state index is 0.0442. The second-order valence-corrected chi connectivity index (χ2v) is 6.15. The van der Waals surface area contributed by atoms with Crippen molar-refractivity contribution < 1.29 is 9.90 Å². The number of hydrogen-bond acceptors (Lipinski definition) is 2. The molecule has 0 heterocycles. The number of aliphatic hydroxyl groups is 1. The summed E-state index contributed by atoms with van der Waals surface area (Å²) in [6, 6.07) is 8.21. The minimum Gasteiger partial charge on any atom is -0.389 e. The molecule has 0 aliphatic heterocycles. The van der Waals surface area contributed by atoms with Gasteiger partial charge >= 0.3 is 0 Å². The summed E-state index contributed by atoms with van der Waals surface area (Å²) in [6.07, 6.45) is 3.03. The molecule has 0 saturated heterocycles. The van der Waals surface area contributed by atoms with E-state index in [4.69, 9.17) is 0 Å². The Balaban J connectivity index is 2.17. The largest absolute Gasteiger partial charge is 0.389 e. The monoisotopic (exact) mass is 261 g/mol. The molecule has 3 nitrogen and oxygen atoms in total. The smallest absolute Gasteiger partial charge is 0.229 e. The first kappa shape index (κ1) is 14.1. The first-order chi connectivity index (χ1) is 8.88. The van der Waals surface area contributed by atoms with Gasteiger partial charge in [0.1, 0.15) is 0 Å². The van der Waals surface area contributed by atoms with Gasteiger partial charge in [-0.15, -0.1) is 0 Å². The normalized spacial score (nSPS) is 18.8. The molecule has 1 aliphatic rings. The van der Waals surface area contributed by atoms with Crippen molar-refractivity contribution in [3.63, 3.8) is 0 Å². The van der Waals surface area contributed by atoms with Gasteiger partial charge in [-0.3, -0.25) is 4.79 Å². The number of fused-ring (bicyclic) bond motifs is 1. The second kappa shape index (κ2) is 5.33. The summed E-state index contributed by atoms with van der Waals surface area (Å²) >= 11 is 0. The molecule has 1 atom stereocenters. The van der Waals surface area contributed by atoms with E-state index in [1.807, 2.05) is 12.1 Å². The predicted octanol–water partition coefficient (Wildman–Crippen LogP) is 2.34. The van der Waals surface area contributed by atoms with E-state index in [0.717, 1.165) is 19.3 Å². The zero-order valence-corrected chi connectivity index (χ0v) is 12.0. The Morgan fingerprint density at radius 2 is 2.11 bits per heavy atom. The van der Waals surface area contributed by atoms with Crippen LogP contribution in [0.3, 0.4) is 0 Å². The van der Waals surface area contributed by atoms with E-state index in [1.54, 1.807) is 25.8 Å². The molecule has 0 radical (unpaired) electrons. The van der Waals surface area contributed by atoms with Gasteiger partial charge in [0, 0.05) is 13.6 Å². The summed E-state index contributed by atoms with van der Waals surface area (Å²) in [5, 5.41) is 9.84. The van der Waals surface area contributed by atoms with Gasteiger partial charge in [0.05, 0.1) is 11.5 Å². The highest BCUT2D eigenvalue weighted by molar-refractivity contribution is 5.84. The molecule has 1 amide bonds. The summed E-state index contributed by atoms with van der Waals surface area (Å²) in [5.74, 6) is 0.0755. The highest BCUT2D eigenvalue weighted by Gasteiger charge is 2.30. The molecule has 1 N–H and O–H groups in total. The molecular weight excluding hydrogens is 238 g/mol. The molecule has 0 bridgehead atoms. The van der Waals surface area contributed by atoms with Crippen LogP contribution in [0.2, 0.25) is 0 Å². The molecule has 0 spiro atoms. The van der Waals surface area contributed by atoms with Crippen molar-refractivity contribution in [2.45, 2.75) is 44.6 Å². The van der Waals surface area contributed by atoms with Crippen LogP contribution in [-0.2, 0) is 11.2 Å². The second-order valence-electron chi connectivity index (χ2n) is 6.15. The number of rotatable bonds is 3. The third-order valence-corrected chi connectivity index (χ3v) is 3.67. The SMILES string of the molecule is CN(CC(C)(C)O)C(=O)C1CCCc2ccccc21. The van der Waals surface area contributed by atoms with Gasteiger partial charge < -0.3 is 10.0 Å². The highest BCUT2D eigenvalue weighted by atomic mass is 16.3. The Hall–Kier alpha value is -1.35. The molecule has 1 unspecified atom stereocenters. The van der Waals surface area contributed by atoms with Crippen molar-refractivity contribution in [2.24, 2.45) is 0 Å². The average Bonchev–Trinajstić information content (AvgIpc) is 2.35. The van der Waals surface area contributed by atoms with Crippen LogP contribution in [0.4, 0.5) is 0 Å². The van der Waals surface area contributed by atoms with Crippen molar-refractivity contribution >= 4 is 5.91 Å². The van der Waals surface area contributed by atoms with Crippen LogP contribution < -0.4 is 0 Å². The Bertz CT molecular complexity index is 462. The fraction of sp³-hybridized carbons (Fsp3) is 0.562. The first-order valence-electron chi connectivity index (χ1n) is 6.93. The lowest BCUT2D eigenvalue weighted by molar-refractivity contribution is -0.134. The van der Waals surface area contributed by atoms with Gasteiger partial charge in [-0.05, 0) is 44.2 Å². The third kappa shape index (κ3) is 3.35. The molecule has 104 valence electrons. The van der Waals surface area contributed by atoms with Crippen LogP contribution in [0.5, 0.6) is 0 Å². The lowest BCUT2D eigenvalue weighted by Gasteiger charge is -2.31. The number of nitrogens with zero attached hydrogens (tertiary/aromatic N) is 1. The summed E-state index contributed by atoms with van der Waals surface area (Å²) in [5.41, 5.74) is 1.61. The van der Waals surface area contributed by atoms with Gasteiger partial charge in [0.15, 0.2) is 0 Å². The summed E-state index contributed by atoms with van der Waals surface area (Å²) < 4.78 is 0. The maximum Gasteiger partial charge on any atom is 0.229 e. The van der Waals surface area contributed by atoms with E-state index in [2.05, 4.69) is 12.1 Å². The molecule has 0 fully saturated rings. The molecule has 1 aliphatic carbocycles.